The second-order valence-corrected chi connectivity index (χ2v) is 3.57. The third-order valence-corrected chi connectivity index (χ3v) is 2.01. The number of rotatable bonds is 3. The van der Waals surface area contributed by atoms with Crippen LogP contribution in [0.5, 0.6) is 0 Å². The monoisotopic (exact) mass is 169 g/mol. The Hall–Kier alpha value is -0.990. The molecule has 1 aliphatic heterocycles. The molecule has 0 saturated carbocycles. The number of ether oxygens (including phenoxy) is 1. The number of nitrogens with zero attached hydrogens (tertiary/aromatic N) is 1. The first kappa shape index (κ1) is 9.10. The molecule has 0 radical (unpaired) electrons. The maximum absolute atomic E-state index is 11.1. The fraction of sp³-hybridized carbons (Fsp3) is 0.667. The molecule has 1 fully saturated rings. The van der Waals surface area contributed by atoms with Gasteiger partial charge >= 0.3 is 5.97 Å². The number of esters is 1. The predicted octanol–water partition coefficient (Wildman–Crippen LogP) is 1.16. The Balaban J connectivity index is 2.45. The third kappa shape index (κ3) is 1.60. The Labute approximate surface area is 73.0 Å². The minimum Gasteiger partial charge on any atom is -0.461 e. The van der Waals surface area contributed by atoms with E-state index in [2.05, 4.69) is 20.4 Å². The Bertz CT molecular complexity index is 221. The molecule has 12 heavy (non-hydrogen) atoms. The van der Waals surface area contributed by atoms with Gasteiger partial charge in [-0.05, 0) is 20.8 Å². The highest BCUT2D eigenvalue weighted by atomic mass is 16.5. The molecule has 0 bridgehead atoms. The first-order valence-electron chi connectivity index (χ1n) is 4.12. The number of carbonyl (C=O) groups is 1. The van der Waals surface area contributed by atoms with Crippen LogP contribution in [0.4, 0.5) is 0 Å². The van der Waals surface area contributed by atoms with Crippen molar-refractivity contribution < 1.29 is 9.53 Å². The van der Waals surface area contributed by atoms with Crippen LogP contribution < -0.4 is 0 Å². The quantitative estimate of drug-likeness (QED) is 0.360. The van der Waals surface area contributed by atoms with E-state index in [4.69, 9.17) is 4.74 Å². The second-order valence-electron chi connectivity index (χ2n) is 3.57. The van der Waals surface area contributed by atoms with Crippen LogP contribution in [-0.2, 0) is 9.53 Å². The summed E-state index contributed by atoms with van der Waals surface area (Å²) in [5, 5.41) is 0. The standard InChI is InChI=1S/C9H15NO2/c1-5-12-8(11)7(2)10-6-9(10,3)4/h2,5-6H2,1,3-4H3. The van der Waals surface area contributed by atoms with Gasteiger partial charge in [-0.25, -0.2) is 4.79 Å². The molecule has 0 aromatic heterocycles. The molecule has 0 amide bonds. The van der Waals surface area contributed by atoms with Gasteiger partial charge in [0.2, 0.25) is 0 Å². The van der Waals surface area contributed by atoms with Crippen LogP contribution in [0.15, 0.2) is 12.3 Å². The van der Waals surface area contributed by atoms with Gasteiger partial charge in [-0.3, -0.25) is 0 Å². The van der Waals surface area contributed by atoms with Crippen LogP contribution in [0.1, 0.15) is 20.8 Å². The van der Waals surface area contributed by atoms with E-state index < -0.39 is 0 Å². The molecule has 0 spiro atoms. The number of hydrogen-bond acceptors (Lipinski definition) is 3. The molecule has 1 aliphatic rings. The molecule has 3 nitrogen and oxygen atoms in total. The Morgan fingerprint density at radius 1 is 1.67 bits per heavy atom. The van der Waals surface area contributed by atoms with Crippen molar-refractivity contribution in [3.8, 4) is 0 Å². The van der Waals surface area contributed by atoms with Crippen LogP contribution in [0.2, 0.25) is 0 Å². The zero-order valence-corrected chi connectivity index (χ0v) is 7.89. The van der Waals surface area contributed by atoms with E-state index in [0.717, 1.165) is 6.54 Å². The maximum atomic E-state index is 11.1. The van der Waals surface area contributed by atoms with Gasteiger partial charge in [-0.2, -0.15) is 0 Å². The lowest BCUT2D eigenvalue weighted by Crippen LogP contribution is -2.17. The van der Waals surface area contributed by atoms with E-state index in [0.29, 0.717) is 12.3 Å². The molecule has 0 aromatic rings. The molecule has 1 saturated heterocycles. The lowest BCUT2D eigenvalue weighted by atomic mass is 10.2. The molecule has 0 aliphatic carbocycles. The van der Waals surface area contributed by atoms with Crippen molar-refractivity contribution in [3.63, 3.8) is 0 Å². The van der Waals surface area contributed by atoms with E-state index in [9.17, 15) is 4.79 Å². The number of carbonyl (C=O) groups excluding carboxylic acids is 1. The summed E-state index contributed by atoms with van der Waals surface area (Å²) in [5.41, 5.74) is 0.575. The minimum absolute atomic E-state index is 0.101. The molecule has 0 atom stereocenters. The molecule has 0 aromatic carbocycles. The topological polar surface area (TPSA) is 29.3 Å². The minimum atomic E-state index is -0.303. The van der Waals surface area contributed by atoms with Crippen molar-refractivity contribution in [2.45, 2.75) is 26.3 Å². The van der Waals surface area contributed by atoms with Crippen molar-refractivity contribution in [1.29, 1.82) is 0 Å². The normalized spacial score (nSPS) is 18.8. The van der Waals surface area contributed by atoms with Crippen molar-refractivity contribution in [2.24, 2.45) is 0 Å². The Morgan fingerprint density at radius 3 is 2.50 bits per heavy atom. The van der Waals surface area contributed by atoms with E-state index in [1.54, 1.807) is 6.92 Å². The second kappa shape index (κ2) is 2.81. The summed E-state index contributed by atoms with van der Waals surface area (Å²) < 4.78 is 4.82. The van der Waals surface area contributed by atoms with Crippen molar-refractivity contribution >= 4 is 5.97 Å². The molecule has 1 rings (SSSR count). The van der Waals surface area contributed by atoms with Gasteiger partial charge < -0.3 is 9.64 Å². The van der Waals surface area contributed by atoms with Crippen LogP contribution in [0, 0.1) is 0 Å². The summed E-state index contributed by atoms with van der Waals surface area (Å²) >= 11 is 0. The molecule has 68 valence electrons. The van der Waals surface area contributed by atoms with Crippen LogP contribution in [-0.4, -0.2) is 29.6 Å². The first-order chi connectivity index (χ1) is 5.49. The van der Waals surface area contributed by atoms with Crippen molar-refractivity contribution in [3.05, 3.63) is 12.3 Å². The van der Waals surface area contributed by atoms with Crippen molar-refractivity contribution in [1.82, 2.24) is 4.90 Å². The zero-order chi connectivity index (χ0) is 9.35. The molecule has 0 N–H and O–H groups in total. The van der Waals surface area contributed by atoms with Gasteiger partial charge in [0.05, 0.1) is 12.1 Å². The largest absolute Gasteiger partial charge is 0.461 e. The fourth-order valence-corrected chi connectivity index (χ4v) is 1.14. The Morgan fingerprint density at radius 2 is 2.17 bits per heavy atom. The fourth-order valence-electron chi connectivity index (χ4n) is 1.14. The first-order valence-corrected chi connectivity index (χ1v) is 4.12. The van der Waals surface area contributed by atoms with Gasteiger partial charge in [-0.15, -0.1) is 0 Å². The summed E-state index contributed by atoms with van der Waals surface area (Å²) in [6, 6.07) is 0. The van der Waals surface area contributed by atoms with Crippen LogP contribution in [0.25, 0.3) is 0 Å². The van der Waals surface area contributed by atoms with Gasteiger partial charge in [0.1, 0.15) is 5.70 Å². The van der Waals surface area contributed by atoms with E-state index in [1.165, 1.54) is 0 Å². The van der Waals surface area contributed by atoms with E-state index >= 15 is 0 Å². The van der Waals surface area contributed by atoms with Gasteiger partial charge in [0.25, 0.3) is 0 Å². The summed E-state index contributed by atoms with van der Waals surface area (Å²) in [5.74, 6) is -0.303. The molecular formula is C9H15NO2. The summed E-state index contributed by atoms with van der Waals surface area (Å²) in [4.78, 5) is 13.1. The average Bonchev–Trinajstić information content (AvgIpc) is 2.59. The van der Waals surface area contributed by atoms with Gasteiger partial charge in [-0.1, -0.05) is 6.58 Å². The van der Waals surface area contributed by atoms with E-state index in [-0.39, 0.29) is 11.5 Å². The van der Waals surface area contributed by atoms with Crippen LogP contribution in [0.3, 0.4) is 0 Å². The lowest BCUT2D eigenvalue weighted by molar-refractivity contribution is -0.139. The maximum Gasteiger partial charge on any atom is 0.353 e. The van der Waals surface area contributed by atoms with Gasteiger partial charge in [0, 0.05) is 6.54 Å². The van der Waals surface area contributed by atoms with Crippen molar-refractivity contribution in [2.75, 3.05) is 13.2 Å². The highest BCUT2D eigenvalue weighted by molar-refractivity contribution is 5.87. The Kier molecular flexibility index (Phi) is 2.13. The summed E-state index contributed by atoms with van der Waals surface area (Å²) in [6.45, 7) is 10.9. The number of hydrogen-bond donors (Lipinski definition) is 0. The SMILES string of the molecule is C=C(C(=O)OCC)N1CC1(C)C. The zero-order valence-electron chi connectivity index (χ0n) is 7.89. The summed E-state index contributed by atoms with van der Waals surface area (Å²) in [7, 11) is 0. The highest BCUT2D eigenvalue weighted by Gasteiger charge is 2.45. The average molecular weight is 169 g/mol. The summed E-state index contributed by atoms with van der Waals surface area (Å²) in [6.07, 6.45) is 0. The molecular weight excluding hydrogens is 154 g/mol. The van der Waals surface area contributed by atoms with Crippen LogP contribution >= 0.6 is 0 Å². The molecule has 3 heteroatoms. The smallest absolute Gasteiger partial charge is 0.353 e. The molecule has 1 heterocycles. The highest BCUT2D eigenvalue weighted by Crippen LogP contribution is 2.34. The third-order valence-electron chi connectivity index (χ3n) is 2.01. The molecule has 0 unspecified atom stereocenters. The van der Waals surface area contributed by atoms with E-state index in [1.807, 2.05) is 4.90 Å². The van der Waals surface area contributed by atoms with Gasteiger partial charge in [0.15, 0.2) is 0 Å². The lowest BCUT2D eigenvalue weighted by Gasteiger charge is -2.09. The predicted molar refractivity (Wildman–Crippen MR) is 46.6 cm³/mol.